The van der Waals surface area contributed by atoms with Crippen molar-refractivity contribution in [1.29, 1.82) is 0 Å². The molecule has 0 spiro atoms. The van der Waals surface area contributed by atoms with Crippen molar-refractivity contribution in [2.24, 2.45) is 0 Å². The molecule has 5 nitrogen and oxygen atoms in total. The van der Waals surface area contributed by atoms with E-state index in [0.29, 0.717) is 5.58 Å². The van der Waals surface area contributed by atoms with Crippen molar-refractivity contribution in [1.82, 2.24) is 9.80 Å². The number of alkyl halides is 3. The third-order valence-electron chi connectivity index (χ3n) is 4.98. The van der Waals surface area contributed by atoms with Gasteiger partial charge in [0.15, 0.2) is 5.76 Å². The molecule has 0 radical (unpaired) electrons. The molecule has 4 rings (SSSR count). The molecule has 0 aliphatic carbocycles. The van der Waals surface area contributed by atoms with Gasteiger partial charge in [0.2, 0.25) is 0 Å². The molecule has 2 aromatic carbocycles. The second-order valence-corrected chi connectivity index (χ2v) is 7.87. The van der Waals surface area contributed by atoms with E-state index in [1.54, 1.807) is 17.0 Å². The van der Waals surface area contributed by atoms with Gasteiger partial charge in [-0.1, -0.05) is 22.0 Å². The average Bonchev–Trinajstić information content (AvgIpc) is 3.15. The molecule has 2 amide bonds. The van der Waals surface area contributed by atoms with Crippen LogP contribution >= 0.6 is 15.9 Å². The Hall–Kier alpha value is -2.81. The maximum absolute atomic E-state index is 12.9. The van der Waals surface area contributed by atoms with Gasteiger partial charge in [-0.15, -0.1) is 0 Å². The Balaban J connectivity index is 1.43. The number of hydrogen-bond donors (Lipinski definition) is 0. The summed E-state index contributed by atoms with van der Waals surface area (Å²) in [6, 6.07) is 11.5. The molecule has 3 aromatic rings. The van der Waals surface area contributed by atoms with E-state index >= 15 is 0 Å². The van der Waals surface area contributed by atoms with Gasteiger partial charge in [-0.05, 0) is 42.5 Å². The molecular weight excluding hydrogens is 465 g/mol. The molecule has 1 aromatic heterocycles. The van der Waals surface area contributed by atoms with E-state index in [1.165, 1.54) is 17.0 Å². The van der Waals surface area contributed by atoms with Crippen LogP contribution in [0.15, 0.2) is 57.4 Å². The number of nitrogens with zero attached hydrogens (tertiary/aromatic N) is 2. The number of piperazine rings is 1. The van der Waals surface area contributed by atoms with Crippen molar-refractivity contribution < 1.29 is 27.2 Å². The molecule has 30 heavy (non-hydrogen) atoms. The molecule has 9 heteroatoms. The quantitative estimate of drug-likeness (QED) is 0.528. The van der Waals surface area contributed by atoms with Crippen molar-refractivity contribution in [3.63, 3.8) is 0 Å². The molecule has 0 atom stereocenters. The predicted molar refractivity (Wildman–Crippen MR) is 107 cm³/mol. The minimum Gasteiger partial charge on any atom is -0.451 e. The first-order valence-electron chi connectivity index (χ1n) is 9.17. The van der Waals surface area contributed by atoms with Crippen LogP contribution in [0.3, 0.4) is 0 Å². The van der Waals surface area contributed by atoms with Crippen LogP contribution in [0.2, 0.25) is 0 Å². The number of carbonyl (C=O) groups excluding carboxylic acids is 2. The highest BCUT2D eigenvalue weighted by atomic mass is 79.9. The van der Waals surface area contributed by atoms with Crippen LogP contribution in [0.4, 0.5) is 13.2 Å². The average molecular weight is 481 g/mol. The van der Waals surface area contributed by atoms with Crippen LogP contribution in [-0.4, -0.2) is 47.8 Å². The number of halogens is 4. The SMILES string of the molecule is O=C(c1cccc(C(F)(F)F)c1)N1CCN(C(=O)c2cc3cc(Br)ccc3o2)CC1. The summed E-state index contributed by atoms with van der Waals surface area (Å²) in [6.45, 7) is 0.994. The van der Waals surface area contributed by atoms with Crippen molar-refractivity contribution >= 4 is 38.7 Å². The summed E-state index contributed by atoms with van der Waals surface area (Å²) in [5.74, 6) is -0.559. The van der Waals surface area contributed by atoms with Gasteiger partial charge in [0, 0.05) is 41.6 Å². The lowest BCUT2D eigenvalue weighted by molar-refractivity contribution is -0.137. The summed E-state index contributed by atoms with van der Waals surface area (Å²) >= 11 is 3.37. The fraction of sp³-hybridized carbons (Fsp3) is 0.238. The zero-order valence-electron chi connectivity index (χ0n) is 15.6. The van der Waals surface area contributed by atoms with Crippen LogP contribution in [0.5, 0.6) is 0 Å². The summed E-state index contributed by atoms with van der Waals surface area (Å²) in [7, 11) is 0. The standard InChI is InChI=1S/C21H16BrF3N2O3/c22-16-4-5-17-14(11-16)12-18(30-17)20(29)27-8-6-26(7-9-27)19(28)13-2-1-3-15(10-13)21(23,24)25/h1-5,10-12H,6-9H2. The van der Waals surface area contributed by atoms with E-state index in [2.05, 4.69) is 15.9 Å². The second-order valence-electron chi connectivity index (χ2n) is 6.96. The van der Waals surface area contributed by atoms with E-state index in [4.69, 9.17) is 4.42 Å². The number of carbonyl (C=O) groups is 2. The molecule has 1 saturated heterocycles. The molecule has 0 saturated carbocycles. The Morgan fingerprint density at radius 1 is 0.900 bits per heavy atom. The maximum Gasteiger partial charge on any atom is 0.416 e. The van der Waals surface area contributed by atoms with Gasteiger partial charge >= 0.3 is 6.18 Å². The van der Waals surface area contributed by atoms with Crippen molar-refractivity contribution in [2.45, 2.75) is 6.18 Å². The predicted octanol–water partition coefficient (Wildman–Crippen LogP) is 4.81. The lowest BCUT2D eigenvalue weighted by Gasteiger charge is -2.34. The molecule has 0 unspecified atom stereocenters. The normalized spacial score (nSPS) is 14.9. The molecule has 1 aliphatic rings. The monoisotopic (exact) mass is 480 g/mol. The first-order chi connectivity index (χ1) is 14.2. The van der Waals surface area contributed by atoms with E-state index in [9.17, 15) is 22.8 Å². The Labute approximate surface area is 178 Å². The number of benzene rings is 2. The van der Waals surface area contributed by atoms with Crippen LogP contribution in [0.25, 0.3) is 11.0 Å². The minimum atomic E-state index is -4.51. The first-order valence-corrected chi connectivity index (χ1v) is 9.96. The molecule has 1 aliphatic heterocycles. The topological polar surface area (TPSA) is 53.8 Å². The summed E-state index contributed by atoms with van der Waals surface area (Å²) in [4.78, 5) is 28.4. The highest BCUT2D eigenvalue weighted by molar-refractivity contribution is 9.10. The molecule has 1 fully saturated rings. The van der Waals surface area contributed by atoms with Gasteiger partial charge < -0.3 is 14.2 Å². The third kappa shape index (κ3) is 4.07. The zero-order valence-corrected chi connectivity index (χ0v) is 17.2. The molecule has 0 N–H and O–H groups in total. The van der Waals surface area contributed by atoms with E-state index in [0.717, 1.165) is 22.0 Å². The summed E-state index contributed by atoms with van der Waals surface area (Å²) in [5.41, 5.74) is -0.286. The number of amides is 2. The van der Waals surface area contributed by atoms with Crippen molar-refractivity contribution in [3.8, 4) is 0 Å². The lowest BCUT2D eigenvalue weighted by Crippen LogP contribution is -2.50. The summed E-state index contributed by atoms with van der Waals surface area (Å²) in [5, 5.41) is 0.797. The first kappa shape index (κ1) is 20.5. The van der Waals surface area contributed by atoms with Gasteiger partial charge in [-0.2, -0.15) is 13.2 Å². The van der Waals surface area contributed by atoms with E-state index < -0.39 is 17.6 Å². The molecular formula is C21H16BrF3N2O3. The van der Waals surface area contributed by atoms with Gasteiger partial charge in [-0.25, -0.2) is 0 Å². The Bertz CT molecular complexity index is 1120. The zero-order chi connectivity index (χ0) is 21.5. The van der Waals surface area contributed by atoms with Crippen LogP contribution in [0.1, 0.15) is 26.5 Å². The van der Waals surface area contributed by atoms with Crippen LogP contribution < -0.4 is 0 Å². The van der Waals surface area contributed by atoms with Gasteiger partial charge in [0.05, 0.1) is 5.56 Å². The van der Waals surface area contributed by atoms with Gasteiger partial charge in [0.25, 0.3) is 11.8 Å². The molecule has 0 bridgehead atoms. The van der Waals surface area contributed by atoms with Gasteiger partial charge in [-0.3, -0.25) is 9.59 Å². The number of furan rings is 1. The lowest BCUT2D eigenvalue weighted by atomic mass is 10.1. The summed E-state index contributed by atoms with van der Waals surface area (Å²) < 4.78 is 45.2. The fourth-order valence-corrected chi connectivity index (χ4v) is 3.78. The fourth-order valence-electron chi connectivity index (χ4n) is 3.40. The summed E-state index contributed by atoms with van der Waals surface area (Å²) in [6.07, 6.45) is -4.51. The largest absolute Gasteiger partial charge is 0.451 e. The number of hydrogen-bond acceptors (Lipinski definition) is 3. The van der Waals surface area contributed by atoms with Gasteiger partial charge in [0.1, 0.15) is 5.58 Å². The second kappa shape index (κ2) is 7.79. The maximum atomic E-state index is 12.9. The van der Waals surface area contributed by atoms with E-state index in [-0.39, 0.29) is 43.4 Å². The molecule has 2 heterocycles. The van der Waals surface area contributed by atoms with Crippen molar-refractivity contribution in [2.75, 3.05) is 26.2 Å². The van der Waals surface area contributed by atoms with Crippen LogP contribution in [-0.2, 0) is 6.18 Å². The smallest absolute Gasteiger partial charge is 0.416 e. The van der Waals surface area contributed by atoms with Crippen molar-refractivity contribution in [3.05, 3.63) is 69.9 Å². The highest BCUT2D eigenvalue weighted by Crippen LogP contribution is 2.30. The Morgan fingerprint density at radius 3 is 2.23 bits per heavy atom. The van der Waals surface area contributed by atoms with E-state index in [1.807, 2.05) is 12.1 Å². The molecule has 156 valence electrons. The number of fused-ring (bicyclic) bond motifs is 1. The Kier molecular flexibility index (Phi) is 5.31. The third-order valence-corrected chi connectivity index (χ3v) is 5.47. The minimum absolute atomic E-state index is 0.0209. The number of rotatable bonds is 2. The van der Waals surface area contributed by atoms with Crippen LogP contribution in [0, 0.1) is 0 Å². The highest BCUT2D eigenvalue weighted by Gasteiger charge is 2.32. The Morgan fingerprint density at radius 2 is 1.57 bits per heavy atom.